The molecule has 1 aromatic carbocycles. The van der Waals surface area contributed by atoms with Gasteiger partial charge in [0.05, 0.1) is 0 Å². The molecule has 0 saturated heterocycles. The Bertz CT molecular complexity index is 770. The first-order valence-electron chi connectivity index (χ1n) is 6.15. The van der Waals surface area contributed by atoms with Gasteiger partial charge in [-0.15, -0.1) is 11.3 Å². The second kappa shape index (κ2) is 5.38. The molecule has 3 rings (SSSR count). The number of hydrogen-bond acceptors (Lipinski definition) is 5. The van der Waals surface area contributed by atoms with Crippen molar-refractivity contribution in [2.75, 3.05) is 5.73 Å². The minimum absolute atomic E-state index is 0.223. The molecule has 2 aromatic heterocycles. The first-order chi connectivity index (χ1) is 9.67. The van der Waals surface area contributed by atoms with E-state index >= 15 is 0 Å². The molecule has 0 aliphatic rings. The van der Waals surface area contributed by atoms with Crippen LogP contribution in [-0.4, -0.2) is 9.97 Å². The van der Waals surface area contributed by atoms with Gasteiger partial charge in [0.1, 0.15) is 15.7 Å². The third-order valence-corrected chi connectivity index (χ3v) is 5.05. The minimum atomic E-state index is -0.256. The van der Waals surface area contributed by atoms with E-state index in [1.165, 1.54) is 22.7 Å². The van der Waals surface area contributed by atoms with Crippen molar-refractivity contribution in [1.29, 1.82) is 0 Å². The highest BCUT2D eigenvalue weighted by Gasteiger charge is 2.13. The molecule has 6 heteroatoms. The van der Waals surface area contributed by atoms with E-state index in [2.05, 4.69) is 23.0 Å². The van der Waals surface area contributed by atoms with E-state index in [-0.39, 0.29) is 11.8 Å². The fourth-order valence-electron chi connectivity index (χ4n) is 1.84. The number of benzene rings is 1. The molecule has 2 heterocycles. The number of thiophene rings is 1. The molecular formula is C14H12FN3S2. The van der Waals surface area contributed by atoms with Crippen LogP contribution in [0.2, 0.25) is 0 Å². The van der Waals surface area contributed by atoms with Gasteiger partial charge in [0.25, 0.3) is 0 Å². The van der Waals surface area contributed by atoms with E-state index in [0.717, 1.165) is 16.6 Å². The van der Waals surface area contributed by atoms with Crippen LogP contribution in [0.5, 0.6) is 0 Å². The van der Waals surface area contributed by atoms with Crippen molar-refractivity contribution in [3.63, 3.8) is 0 Å². The summed E-state index contributed by atoms with van der Waals surface area (Å²) in [7, 11) is 0. The number of rotatable bonds is 3. The highest BCUT2D eigenvalue weighted by Crippen LogP contribution is 2.36. The van der Waals surface area contributed by atoms with Crippen molar-refractivity contribution < 1.29 is 4.39 Å². The molecular weight excluding hydrogens is 293 g/mol. The Hall–Kier alpha value is -1.66. The maximum Gasteiger partial charge on any atom is 0.222 e. The SMILES string of the molecule is CCc1cc2c(Sc3ccccc3F)nc(N)nc2s1. The molecule has 0 bridgehead atoms. The summed E-state index contributed by atoms with van der Waals surface area (Å²) in [4.78, 5) is 11.1. The van der Waals surface area contributed by atoms with Crippen LogP contribution in [0.4, 0.5) is 10.3 Å². The van der Waals surface area contributed by atoms with Crippen molar-refractivity contribution in [3.05, 3.63) is 41.0 Å². The second-order valence-electron chi connectivity index (χ2n) is 4.20. The standard InChI is InChI=1S/C14H12FN3S2/c1-2-8-7-9-12(19-8)17-14(16)18-13(9)20-11-6-4-3-5-10(11)15/h3-7H,2H2,1H3,(H2,16,17,18). The maximum atomic E-state index is 13.8. The van der Waals surface area contributed by atoms with E-state index in [9.17, 15) is 4.39 Å². The first-order valence-corrected chi connectivity index (χ1v) is 7.79. The molecule has 0 aliphatic carbocycles. The zero-order chi connectivity index (χ0) is 14.1. The summed E-state index contributed by atoms with van der Waals surface area (Å²) >= 11 is 2.88. The predicted molar refractivity (Wildman–Crippen MR) is 81.7 cm³/mol. The Morgan fingerprint density at radius 2 is 2.10 bits per heavy atom. The normalized spacial score (nSPS) is 11.1. The third-order valence-electron chi connectivity index (χ3n) is 2.82. The number of hydrogen-bond donors (Lipinski definition) is 1. The predicted octanol–water partition coefficient (Wildman–Crippen LogP) is 4.13. The van der Waals surface area contributed by atoms with Crippen LogP contribution in [-0.2, 0) is 6.42 Å². The smallest absolute Gasteiger partial charge is 0.222 e. The molecule has 20 heavy (non-hydrogen) atoms. The monoisotopic (exact) mass is 305 g/mol. The van der Waals surface area contributed by atoms with Gasteiger partial charge < -0.3 is 5.73 Å². The van der Waals surface area contributed by atoms with Gasteiger partial charge in [0.15, 0.2) is 0 Å². The van der Waals surface area contributed by atoms with Crippen molar-refractivity contribution in [2.24, 2.45) is 0 Å². The van der Waals surface area contributed by atoms with Crippen molar-refractivity contribution >= 4 is 39.3 Å². The molecule has 0 aliphatic heterocycles. The highest BCUT2D eigenvalue weighted by atomic mass is 32.2. The largest absolute Gasteiger partial charge is 0.368 e. The lowest BCUT2D eigenvalue weighted by Crippen LogP contribution is -1.95. The summed E-state index contributed by atoms with van der Waals surface area (Å²) < 4.78 is 13.8. The zero-order valence-corrected chi connectivity index (χ0v) is 12.4. The van der Waals surface area contributed by atoms with Gasteiger partial charge in [-0.25, -0.2) is 14.4 Å². The van der Waals surface area contributed by atoms with Gasteiger partial charge in [0.2, 0.25) is 5.95 Å². The molecule has 3 aromatic rings. The van der Waals surface area contributed by atoms with Crippen molar-refractivity contribution in [2.45, 2.75) is 23.3 Å². The molecule has 0 spiro atoms. The van der Waals surface area contributed by atoms with E-state index in [1.807, 2.05) is 0 Å². The van der Waals surface area contributed by atoms with Crippen LogP contribution in [0, 0.1) is 5.82 Å². The summed E-state index contributed by atoms with van der Waals surface area (Å²) in [6.45, 7) is 2.09. The molecule has 0 unspecified atom stereocenters. The number of aromatic nitrogens is 2. The topological polar surface area (TPSA) is 51.8 Å². The van der Waals surface area contributed by atoms with Gasteiger partial charge in [-0.2, -0.15) is 0 Å². The van der Waals surface area contributed by atoms with Gasteiger partial charge >= 0.3 is 0 Å². The lowest BCUT2D eigenvalue weighted by molar-refractivity contribution is 0.602. The maximum absolute atomic E-state index is 13.8. The van der Waals surface area contributed by atoms with Crippen molar-refractivity contribution in [1.82, 2.24) is 9.97 Å². The molecule has 2 N–H and O–H groups in total. The number of nitrogens with two attached hydrogens (primary N) is 1. The second-order valence-corrected chi connectivity index (χ2v) is 6.35. The number of nitrogens with zero attached hydrogens (tertiary/aromatic N) is 2. The van der Waals surface area contributed by atoms with E-state index in [1.54, 1.807) is 29.5 Å². The van der Waals surface area contributed by atoms with Crippen LogP contribution in [0.15, 0.2) is 40.3 Å². The Labute approximate surface area is 124 Å². The average Bonchev–Trinajstić information content (AvgIpc) is 2.84. The average molecular weight is 305 g/mol. The van der Waals surface area contributed by atoms with Crippen LogP contribution in [0.1, 0.15) is 11.8 Å². The fourth-order valence-corrected chi connectivity index (χ4v) is 3.81. The lowest BCUT2D eigenvalue weighted by Gasteiger charge is -2.04. The highest BCUT2D eigenvalue weighted by molar-refractivity contribution is 7.99. The van der Waals surface area contributed by atoms with Crippen LogP contribution in [0.3, 0.4) is 0 Å². The van der Waals surface area contributed by atoms with Gasteiger partial charge in [-0.05, 0) is 24.6 Å². The van der Waals surface area contributed by atoms with Crippen molar-refractivity contribution in [3.8, 4) is 0 Å². The Morgan fingerprint density at radius 1 is 1.30 bits per heavy atom. The number of aryl methyl sites for hydroxylation is 1. The van der Waals surface area contributed by atoms with E-state index < -0.39 is 0 Å². The number of anilines is 1. The molecule has 0 fully saturated rings. The summed E-state index contributed by atoms with van der Waals surface area (Å²) in [5, 5.41) is 1.64. The summed E-state index contributed by atoms with van der Waals surface area (Å²) in [5.74, 6) is -0.0328. The minimum Gasteiger partial charge on any atom is -0.368 e. The Balaban J connectivity index is 2.11. The van der Waals surface area contributed by atoms with Crippen LogP contribution < -0.4 is 5.73 Å². The van der Waals surface area contributed by atoms with Crippen LogP contribution in [0.25, 0.3) is 10.2 Å². The number of fused-ring (bicyclic) bond motifs is 1. The molecule has 0 atom stereocenters. The van der Waals surface area contributed by atoms with Gasteiger partial charge in [-0.3, -0.25) is 0 Å². The Kier molecular flexibility index (Phi) is 3.58. The Morgan fingerprint density at radius 3 is 2.85 bits per heavy atom. The molecule has 3 nitrogen and oxygen atoms in total. The van der Waals surface area contributed by atoms with Gasteiger partial charge in [0, 0.05) is 15.2 Å². The number of halogens is 1. The summed E-state index contributed by atoms with van der Waals surface area (Å²) in [6, 6.07) is 8.70. The quantitative estimate of drug-likeness (QED) is 0.739. The molecule has 102 valence electrons. The third kappa shape index (κ3) is 2.48. The fraction of sp³-hybridized carbons (Fsp3) is 0.143. The lowest BCUT2D eigenvalue weighted by atomic mass is 10.3. The zero-order valence-electron chi connectivity index (χ0n) is 10.8. The molecule has 0 amide bonds. The van der Waals surface area contributed by atoms with Gasteiger partial charge in [-0.1, -0.05) is 30.8 Å². The van der Waals surface area contributed by atoms with E-state index in [4.69, 9.17) is 5.73 Å². The van der Waals surface area contributed by atoms with Crippen LogP contribution >= 0.6 is 23.1 Å². The molecule has 0 saturated carbocycles. The first kappa shape index (κ1) is 13.3. The summed E-state index contributed by atoms with van der Waals surface area (Å²) in [6.07, 6.45) is 0.935. The number of nitrogen functional groups attached to an aromatic ring is 1. The summed E-state index contributed by atoms with van der Waals surface area (Å²) in [5.41, 5.74) is 5.74. The molecule has 0 radical (unpaired) electrons. The van der Waals surface area contributed by atoms with E-state index in [0.29, 0.717) is 9.92 Å².